The number of nitrogens with zero attached hydrogens (tertiary/aromatic N) is 4. The fourth-order valence-electron chi connectivity index (χ4n) is 2.64. The lowest BCUT2D eigenvalue weighted by molar-refractivity contribution is -0.115. The van der Waals surface area contributed by atoms with Gasteiger partial charge in [-0.2, -0.15) is 0 Å². The van der Waals surface area contributed by atoms with Crippen molar-refractivity contribution in [1.82, 2.24) is 15.2 Å². The molecule has 28 heavy (non-hydrogen) atoms. The molecule has 4 aromatic rings. The molecule has 0 spiro atoms. The minimum atomic E-state index is -0.0833. The first-order chi connectivity index (χ1) is 13.8. The number of anilines is 2. The summed E-state index contributed by atoms with van der Waals surface area (Å²) in [5.41, 5.74) is 2.21. The number of thioether (sulfide) groups is 1. The molecule has 0 fully saturated rings. The highest BCUT2D eigenvalue weighted by Crippen LogP contribution is 2.28. The van der Waals surface area contributed by atoms with Crippen molar-refractivity contribution in [3.63, 3.8) is 0 Å². The molecule has 138 valence electrons. The predicted molar refractivity (Wildman–Crippen MR) is 108 cm³/mol. The van der Waals surface area contributed by atoms with Gasteiger partial charge in [0.1, 0.15) is 5.69 Å². The molecule has 4 rings (SSSR count). The van der Waals surface area contributed by atoms with E-state index in [0.29, 0.717) is 16.8 Å². The second-order valence-electron chi connectivity index (χ2n) is 5.78. The summed E-state index contributed by atoms with van der Waals surface area (Å²) < 4.78 is 5.62. The molecule has 1 amide bonds. The van der Waals surface area contributed by atoms with E-state index in [-0.39, 0.29) is 11.7 Å². The average molecular weight is 388 g/mol. The van der Waals surface area contributed by atoms with Crippen molar-refractivity contribution >= 4 is 29.0 Å². The van der Waals surface area contributed by atoms with E-state index in [4.69, 9.17) is 4.42 Å². The Morgan fingerprint density at radius 3 is 2.11 bits per heavy atom. The van der Waals surface area contributed by atoms with E-state index in [0.717, 1.165) is 11.4 Å². The van der Waals surface area contributed by atoms with Crippen LogP contribution in [0.5, 0.6) is 0 Å². The molecular weight excluding hydrogens is 372 g/mol. The monoisotopic (exact) mass is 388 g/mol. The van der Waals surface area contributed by atoms with Gasteiger partial charge in [0.2, 0.25) is 5.91 Å². The third-order valence-electron chi connectivity index (χ3n) is 3.89. The Balaban J connectivity index is 1.50. The molecule has 0 bridgehead atoms. The molecule has 0 unspecified atom stereocenters. The lowest BCUT2D eigenvalue weighted by atomic mass is 10.2. The maximum Gasteiger partial charge on any atom is 0.277 e. The molecule has 0 radical (unpaired) electrons. The molecule has 2 heterocycles. The van der Waals surface area contributed by atoms with Crippen molar-refractivity contribution < 1.29 is 9.21 Å². The highest BCUT2D eigenvalue weighted by molar-refractivity contribution is 7.99. The van der Waals surface area contributed by atoms with Crippen molar-refractivity contribution in [2.24, 2.45) is 0 Å². The van der Waals surface area contributed by atoms with Gasteiger partial charge in [-0.05, 0) is 36.4 Å². The van der Waals surface area contributed by atoms with Crippen LogP contribution in [0.15, 0.2) is 94.7 Å². The molecule has 6 nitrogen and oxygen atoms in total. The van der Waals surface area contributed by atoms with Crippen molar-refractivity contribution in [1.29, 1.82) is 0 Å². The Hall–Kier alpha value is -3.45. The number of aromatic nitrogens is 3. The van der Waals surface area contributed by atoms with Crippen molar-refractivity contribution in [3.05, 3.63) is 85.1 Å². The first kappa shape index (κ1) is 17.9. The number of hydrogen-bond acceptors (Lipinski definition) is 6. The highest BCUT2D eigenvalue weighted by atomic mass is 32.2. The van der Waals surface area contributed by atoms with Crippen LogP contribution in [0.4, 0.5) is 11.4 Å². The molecule has 0 aliphatic heterocycles. The summed E-state index contributed by atoms with van der Waals surface area (Å²) in [4.78, 5) is 18.9. The Labute approximate surface area is 166 Å². The minimum absolute atomic E-state index is 0.0833. The van der Waals surface area contributed by atoms with Crippen molar-refractivity contribution in [3.8, 4) is 11.6 Å². The second kappa shape index (κ2) is 8.49. The third kappa shape index (κ3) is 4.10. The van der Waals surface area contributed by atoms with Gasteiger partial charge >= 0.3 is 0 Å². The Morgan fingerprint density at radius 1 is 0.857 bits per heavy atom. The van der Waals surface area contributed by atoms with E-state index in [1.165, 1.54) is 11.8 Å². The zero-order chi connectivity index (χ0) is 19.2. The number of rotatable bonds is 6. The SMILES string of the molecule is O=C(CSc1nnc(-c2ccccn2)o1)N(c1ccccc1)c1ccccc1. The second-order valence-corrected chi connectivity index (χ2v) is 6.70. The molecular formula is C21H16N4O2S. The number of carbonyl (C=O) groups excluding carboxylic acids is 1. The predicted octanol–water partition coefficient (Wildman–Crippen LogP) is 4.59. The fourth-order valence-corrected chi connectivity index (χ4v) is 3.25. The Kier molecular flexibility index (Phi) is 5.44. The van der Waals surface area contributed by atoms with E-state index in [1.54, 1.807) is 17.2 Å². The van der Waals surface area contributed by atoms with Gasteiger partial charge in [-0.1, -0.05) is 54.2 Å². The number of carbonyl (C=O) groups is 1. The van der Waals surface area contributed by atoms with Crippen LogP contribution in [0.1, 0.15) is 0 Å². The van der Waals surface area contributed by atoms with E-state index in [1.807, 2.05) is 72.8 Å². The number of para-hydroxylation sites is 2. The van der Waals surface area contributed by atoms with Gasteiger partial charge in [-0.3, -0.25) is 14.7 Å². The van der Waals surface area contributed by atoms with Crippen LogP contribution in [0, 0.1) is 0 Å². The summed E-state index contributed by atoms with van der Waals surface area (Å²) in [6, 6.07) is 24.5. The molecule has 0 N–H and O–H groups in total. The van der Waals surface area contributed by atoms with E-state index in [2.05, 4.69) is 15.2 Å². The first-order valence-corrected chi connectivity index (χ1v) is 9.60. The van der Waals surface area contributed by atoms with Gasteiger partial charge in [0.15, 0.2) is 0 Å². The van der Waals surface area contributed by atoms with Crippen LogP contribution >= 0.6 is 11.8 Å². The highest BCUT2D eigenvalue weighted by Gasteiger charge is 2.19. The fraction of sp³-hybridized carbons (Fsp3) is 0.0476. The molecule has 0 saturated heterocycles. The van der Waals surface area contributed by atoms with Crippen LogP contribution in [-0.4, -0.2) is 26.8 Å². The van der Waals surface area contributed by atoms with Crippen LogP contribution in [-0.2, 0) is 4.79 Å². The van der Waals surface area contributed by atoms with E-state index < -0.39 is 0 Å². The lowest BCUT2D eigenvalue weighted by Gasteiger charge is -2.22. The molecule has 0 aliphatic rings. The van der Waals surface area contributed by atoms with Crippen LogP contribution < -0.4 is 4.90 Å². The van der Waals surface area contributed by atoms with Gasteiger partial charge in [0.25, 0.3) is 11.1 Å². The lowest BCUT2D eigenvalue weighted by Crippen LogP contribution is -2.27. The first-order valence-electron chi connectivity index (χ1n) is 8.62. The van der Waals surface area contributed by atoms with Crippen LogP contribution in [0.2, 0.25) is 0 Å². The van der Waals surface area contributed by atoms with Crippen LogP contribution in [0.25, 0.3) is 11.6 Å². The third-order valence-corrected chi connectivity index (χ3v) is 4.69. The zero-order valence-corrected chi connectivity index (χ0v) is 15.6. The normalized spacial score (nSPS) is 10.6. The van der Waals surface area contributed by atoms with Gasteiger partial charge in [-0.25, -0.2) is 0 Å². The average Bonchev–Trinajstić information content (AvgIpc) is 3.24. The molecule has 2 aromatic carbocycles. The smallest absolute Gasteiger partial charge is 0.277 e. The molecule has 0 aliphatic carbocycles. The van der Waals surface area contributed by atoms with Gasteiger partial charge in [-0.15, -0.1) is 10.2 Å². The molecule has 0 atom stereocenters. The number of hydrogen-bond donors (Lipinski definition) is 0. The van der Waals surface area contributed by atoms with Gasteiger partial charge in [0.05, 0.1) is 5.75 Å². The van der Waals surface area contributed by atoms with E-state index >= 15 is 0 Å². The van der Waals surface area contributed by atoms with Crippen molar-refractivity contribution in [2.75, 3.05) is 10.7 Å². The Morgan fingerprint density at radius 2 is 1.50 bits per heavy atom. The summed E-state index contributed by atoms with van der Waals surface area (Å²) >= 11 is 1.20. The number of benzene rings is 2. The van der Waals surface area contributed by atoms with Gasteiger partial charge in [0, 0.05) is 17.6 Å². The summed E-state index contributed by atoms with van der Waals surface area (Å²) in [6.07, 6.45) is 1.66. The summed E-state index contributed by atoms with van der Waals surface area (Å²) in [5, 5.41) is 8.33. The topological polar surface area (TPSA) is 72.1 Å². The maximum absolute atomic E-state index is 13.0. The standard InChI is InChI=1S/C21H16N4O2S/c26-19(15-28-21-24-23-20(27-21)18-13-7-8-14-22-18)25(16-9-3-1-4-10-16)17-11-5-2-6-12-17/h1-14H,15H2. The molecule has 2 aromatic heterocycles. The van der Waals surface area contributed by atoms with Crippen molar-refractivity contribution in [2.45, 2.75) is 5.22 Å². The molecule has 7 heteroatoms. The minimum Gasteiger partial charge on any atom is -0.410 e. The van der Waals surface area contributed by atoms with Gasteiger partial charge < -0.3 is 4.42 Å². The zero-order valence-electron chi connectivity index (χ0n) is 14.8. The van der Waals surface area contributed by atoms with Crippen LogP contribution in [0.3, 0.4) is 0 Å². The number of amides is 1. The quantitative estimate of drug-likeness (QED) is 0.450. The Bertz CT molecular complexity index is 1000. The van der Waals surface area contributed by atoms with E-state index in [9.17, 15) is 4.79 Å². The summed E-state index contributed by atoms with van der Waals surface area (Å²) in [7, 11) is 0. The largest absolute Gasteiger partial charge is 0.410 e. The summed E-state index contributed by atoms with van der Waals surface area (Å²) in [5.74, 6) is 0.409. The molecule has 0 saturated carbocycles. The maximum atomic E-state index is 13.0. The number of pyridine rings is 1. The summed E-state index contributed by atoms with van der Waals surface area (Å²) in [6.45, 7) is 0.